The van der Waals surface area contributed by atoms with Crippen molar-refractivity contribution in [3.63, 3.8) is 0 Å². The summed E-state index contributed by atoms with van der Waals surface area (Å²) < 4.78 is 2.07. The van der Waals surface area contributed by atoms with Crippen molar-refractivity contribution in [1.29, 1.82) is 0 Å². The second kappa shape index (κ2) is 7.59. The fraction of sp³-hybridized carbons (Fsp3) is 0.148. The van der Waals surface area contributed by atoms with Crippen LogP contribution in [0.15, 0.2) is 83.2 Å². The van der Waals surface area contributed by atoms with E-state index in [-0.39, 0.29) is 0 Å². The van der Waals surface area contributed by atoms with Crippen molar-refractivity contribution in [2.45, 2.75) is 0 Å². The number of hydrogen-bond acceptors (Lipinski definition) is 5. The zero-order valence-corrected chi connectivity index (χ0v) is 18.5. The normalized spacial score (nSPS) is 15.4. The number of nitrogens with one attached hydrogen (secondary N) is 3. The van der Waals surface area contributed by atoms with Crippen LogP contribution in [-0.4, -0.2) is 52.2 Å². The molecule has 7 nitrogen and oxygen atoms in total. The van der Waals surface area contributed by atoms with E-state index >= 15 is 0 Å². The van der Waals surface area contributed by atoms with E-state index in [4.69, 9.17) is 4.98 Å². The second-order valence-electron chi connectivity index (χ2n) is 8.66. The number of aliphatic imine (C=N–C) groups is 2. The number of rotatable bonds is 4. The van der Waals surface area contributed by atoms with Crippen LogP contribution in [0.2, 0.25) is 0 Å². The zero-order valence-electron chi connectivity index (χ0n) is 18.5. The van der Waals surface area contributed by atoms with Gasteiger partial charge in [-0.15, -0.1) is 0 Å². The third-order valence-corrected chi connectivity index (χ3v) is 6.52. The zero-order chi connectivity index (χ0) is 22.5. The number of aromatic amines is 1. The molecule has 0 saturated heterocycles. The number of benzene rings is 2. The summed E-state index contributed by atoms with van der Waals surface area (Å²) in [5.41, 5.74) is 8.67. The van der Waals surface area contributed by atoms with Gasteiger partial charge in [-0.1, -0.05) is 36.4 Å². The van der Waals surface area contributed by atoms with Crippen LogP contribution >= 0.6 is 0 Å². The maximum absolute atomic E-state index is 4.82. The summed E-state index contributed by atoms with van der Waals surface area (Å²) in [7, 11) is 0. The smallest absolute Gasteiger partial charge is 0.137 e. The molecule has 5 aromatic rings. The van der Waals surface area contributed by atoms with Crippen LogP contribution in [0.25, 0.3) is 38.9 Å². The topological polar surface area (TPSA) is 81.9 Å². The molecule has 2 aliphatic heterocycles. The fourth-order valence-corrected chi connectivity index (χ4v) is 4.79. The molecule has 0 unspecified atom stereocenters. The van der Waals surface area contributed by atoms with Crippen molar-refractivity contribution in [3.8, 4) is 22.4 Å². The first kappa shape index (κ1) is 19.1. The molecule has 0 amide bonds. The Bertz CT molecular complexity index is 1600. The van der Waals surface area contributed by atoms with Crippen molar-refractivity contribution in [2.75, 3.05) is 26.2 Å². The molecule has 166 valence electrons. The number of aromatic nitrogens is 3. The summed E-state index contributed by atoms with van der Waals surface area (Å²) in [5, 5.41) is 7.88. The number of imidazole rings is 1. The lowest BCUT2D eigenvalue weighted by atomic mass is 10.0. The molecule has 0 bridgehead atoms. The first-order valence-corrected chi connectivity index (χ1v) is 11.6. The molecular weight excluding hydrogens is 422 g/mol. The van der Waals surface area contributed by atoms with Crippen LogP contribution in [0.4, 0.5) is 0 Å². The van der Waals surface area contributed by atoms with Crippen LogP contribution in [0.3, 0.4) is 0 Å². The SMILES string of the molecule is c1cc2c(-c3ccc(-c4cn5cc(C6=NCCN6)ccc5n4)cc3)c[nH]c2cc1C1=NCCN1. The van der Waals surface area contributed by atoms with Crippen LogP contribution in [0, 0.1) is 0 Å². The highest BCUT2D eigenvalue weighted by atomic mass is 15.1. The van der Waals surface area contributed by atoms with Gasteiger partial charge in [0, 0.05) is 64.8 Å². The van der Waals surface area contributed by atoms with Gasteiger partial charge in [-0.05, 0) is 23.8 Å². The maximum atomic E-state index is 4.82. The Morgan fingerprint density at radius 3 is 2.18 bits per heavy atom. The van der Waals surface area contributed by atoms with Gasteiger partial charge in [0.1, 0.15) is 17.3 Å². The van der Waals surface area contributed by atoms with Crippen molar-refractivity contribution < 1.29 is 0 Å². The van der Waals surface area contributed by atoms with E-state index in [0.717, 1.165) is 71.4 Å². The van der Waals surface area contributed by atoms with Gasteiger partial charge < -0.3 is 20.0 Å². The number of fused-ring (bicyclic) bond motifs is 2. The molecule has 7 rings (SSSR count). The molecule has 0 fully saturated rings. The number of H-pyrrole nitrogens is 1. The molecule has 0 spiro atoms. The molecule has 5 heterocycles. The van der Waals surface area contributed by atoms with Crippen molar-refractivity contribution >= 4 is 28.2 Å². The average molecular weight is 446 g/mol. The monoisotopic (exact) mass is 445 g/mol. The second-order valence-corrected chi connectivity index (χ2v) is 8.66. The standard InChI is InChI=1S/C27H23N7/c1-3-18(24-16-34-15-20(6-8-25(34)33-24)27-30-11-12-31-27)4-2-17(1)22-14-32-23-13-19(5-7-21(22)23)26-28-9-10-29-26/h1-8,13-16,32H,9-12H2,(H,28,29)(H,30,31). The van der Waals surface area contributed by atoms with E-state index < -0.39 is 0 Å². The summed E-state index contributed by atoms with van der Waals surface area (Å²) in [6.07, 6.45) is 6.25. The Morgan fingerprint density at radius 1 is 0.706 bits per heavy atom. The van der Waals surface area contributed by atoms with Crippen LogP contribution in [-0.2, 0) is 0 Å². The summed E-state index contributed by atoms with van der Waals surface area (Å²) >= 11 is 0. The highest BCUT2D eigenvalue weighted by Crippen LogP contribution is 2.31. The largest absolute Gasteiger partial charge is 0.368 e. The number of nitrogens with zero attached hydrogens (tertiary/aromatic N) is 4. The minimum absolute atomic E-state index is 0.832. The highest BCUT2D eigenvalue weighted by molar-refractivity contribution is 6.04. The minimum Gasteiger partial charge on any atom is -0.368 e. The Morgan fingerprint density at radius 2 is 1.41 bits per heavy atom. The molecule has 34 heavy (non-hydrogen) atoms. The van der Waals surface area contributed by atoms with E-state index in [1.54, 1.807) is 0 Å². The lowest BCUT2D eigenvalue weighted by Gasteiger charge is -2.04. The molecule has 7 heteroatoms. The molecule has 0 atom stereocenters. The summed E-state index contributed by atoms with van der Waals surface area (Å²) in [6.45, 7) is 3.49. The van der Waals surface area contributed by atoms with Crippen molar-refractivity contribution in [3.05, 3.63) is 84.3 Å². The summed E-state index contributed by atoms with van der Waals surface area (Å²) in [6, 6.07) is 19.2. The van der Waals surface area contributed by atoms with Gasteiger partial charge >= 0.3 is 0 Å². The lowest BCUT2D eigenvalue weighted by molar-refractivity contribution is 0.959. The van der Waals surface area contributed by atoms with Gasteiger partial charge in [-0.25, -0.2) is 4.98 Å². The molecule has 3 aromatic heterocycles. The quantitative estimate of drug-likeness (QED) is 0.393. The Balaban J connectivity index is 1.19. The Labute approximate surface area is 196 Å². The van der Waals surface area contributed by atoms with Gasteiger partial charge in [0.2, 0.25) is 0 Å². The number of hydrogen-bond donors (Lipinski definition) is 3. The highest BCUT2D eigenvalue weighted by Gasteiger charge is 2.13. The first-order chi connectivity index (χ1) is 16.8. The van der Waals surface area contributed by atoms with Gasteiger partial charge in [0.05, 0.1) is 18.8 Å². The average Bonchev–Trinajstić information content (AvgIpc) is 3.69. The van der Waals surface area contributed by atoms with E-state index in [0.29, 0.717) is 0 Å². The third kappa shape index (κ3) is 3.16. The fourth-order valence-electron chi connectivity index (χ4n) is 4.79. The van der Waals surface area contributed by atoms with Gasteiger partial charge in [-0.3, -0.25) is 9.98 Å². The van der Waals surface area contributed by atoms with E-state index in [1.807, 2.05) is 6.07 Å². The molecule has 2 aromatic carbocycles. The van der Waals surface area contributed by atoms with E-state index in [9.17, 15) is 0 Å². The number of amidine groups is 2. The van der Waals surface area contributed by atoms with E-state index in [1.165, 1.54) is 16.5 Å². The molecule has 0 radical (unpaired) electrons. The third-order valence-electron chi connectivity index (χ3n) is 6.52. The lowest BCUT2D eigenvalue weighted by Crippen LogP contribution is -2.19. The molecular formula is C27H23N7. The molecule has 2 aliphatic rings. The molecule has 3 N–H and O–H groups in total. The summed E-state index contributed by atoms with van der Waals surface area (Å²) in [5.74, 6) is 1.94. The maximum Gasteiger partial charge on any atom is 0.137 e. The van der Waals surface area contributed by atoms with Crippen molar-refractivity contribution in [2.24, 2.45) is 9.98 Å². The van der Waals surface area contributed by atoms with Crippen LogP contribution in [0.1, 0.15) is 11.1 Å². The van der Waals surface area contributed by atoms with Gasteiger partial charge in [0.25, 0.3) is 0 Å². The number of pyridine rings is 1. The van der Waals surface area contributed by atoms with Gasteiger partial charge in [-0.2, -0.15) is 0 Å². The Kier molecular flexibility index (Phi) is 4.27. The molecule has 0 aliphatic carbocycles. The predicted octanol–water partition coefficient (Wildman–Crippen LogP) is 3.85. The molecule has 0 saturated carbocycles. The predicted molar refractivity (Wildman–Crippen MR) is 137 cm³/mol. The summed E-state index contributed by atoms with van der Waals surface area (Å²) in [4.78, 5) is 17.3. The first-order valence-electron chi connectivity index (χ1n) is 11.6. The Hall–Kier alpha value is -4.39. The van der Waals surface area contributed by atoms with Gasteiger partial charge in [0.15, 0.2) is 0 Å². The van der Waals surface area contributed by atoms with Crippen LogP contribution < -0.4 is 10.6 Å². The van der Waals surface area contributed by atoms with Crippen molar-refractivity contribution in [1.82, 2.24) is 25.0 Å². The minimum atomic E-state index is 0.832. The van der Waals surface area contributed by atoms with Crippen LogP contribution in [0.5, 0.6) is 0 Å². The van der Waals surface area contributed by atoms with E-state index in [2.05, 4.69) is 97.1 Å².